The summed E-state index contributed by atoms with van der Waals surface area (Å²) in [5.41, 5.74) is 4.23. The van der Waals surface area contributed by atoms with Gasteiger partial charge in [0.1, 0.15) is 11.8 Å². The van der Waals surface area contributed by atoms with E-state index in [4.69, 9.17) is 4.74 Å². The highest BCUT2D eigenvalue weighted by molar-refractivity contribution is 6.03. The van der Waals surface area contributed by atoms with Crippen LogP contribution in [0.15, 0.2) is 42.5 Å². The molecule has 1 fully saturated rings. The lowest BCUT2D eigenvalue weighted by atomic mass is 10.1. The number of anilines is 1. The third-order valence-electron chi connectivity index (χ3n) is 5.63. The summed E-state index contributed by atoms with van der Waals surface area (Å²) in [5, 5.41) is 0. The number of carbonyl (C=O) groups is 2. The maximum atomic E-state index is 13.0. The molecule has 2 aromatic carbocycles. The second-order valence-electron chi connectivity index (χ2n) is 7.20. The average Bonchev–Trinajstić information content (AvgIpc) is 3.17. The summed E-state index contributed by atoms with van der Waals surface area (Å²) >= 11 is 0. The Kier molecular flexibility index (Phi) is 4.60. The minimum absolute atomic E-state index is 0.0320. The van der Waals surface area contributed by atoms with Crippen molar-refractivity contribution in [3.63, 3.8) is 0 Å². The highest BCUT2D eigenvalue weighted by Gasteiger charge is 2.35. The lowest BCUT2D eigenvalue weighted by Crippen LogP contribution is -2.57. The topological polar surface area (TPSA) is 49.9 Å². The van der Waals surface area contributed by atoms with Gasteiger partial charge in [0.05, 0.1) is 7.11 Å². The fourth-order valence-corrected chi connectivity index (χ4v) is 4.05. The molecule has 0 saturated carbocycles. The van der Waals surface area contributed by atoms with Crippen LogP contribution in [0.1, 0.15) is 34.8 Å². The van der Waals surface area contributed by atoms with Gasteiger partial charge < -0.3 is 14.5 Å². The summed E-state index contributed by atoms with van der Waals surface area (Å²) in [7, 11) is 1.57. The van der Waals surface area contributed by atoms with Gasteiger partial charge in [0, 0.05) is 24.3 Å². The second kappa shape index (κ2) is 7.06. The van der Waals surface area contributed by atoms with Crippen LogP contribution in [0.2, 0.25) is 0 Å². The largest absolute Gasteiger partial charge is 0.497 e. The van der Waals surface area contributed by atoms with Gasteiger partial charge in [-0.1, -0.05) is 12.1 Å². The fraction of sp³-hybridized carbons (Fsp3) is 0.364. The summed E-state index contributed by atoms with van der Waals surface area (Å²) in [6, 6.07) is 12.9. The second-order valence-corrected chi connectivity index (χ2v) is 7.20. The van der Waals surface area contributed by atoms with Gasteiger partial charge in [-0.05, 0) is 67.6 Å². The van der Waals surface area contributed by atoms with Crippen LogP contribution in [0.3, 0.4) is 0 Å². The van der Waals surface area contributed by atoms with E-state index in [1.165, 1.54) is 17.5 Å². The Hall–Kier alpha value is -2.82. The molecule has 0 aromatic heterocycles. The summed E-state index contributed by atoms with van der Waals surface area (Å²) in [5.74, 6) is 0.468. The molecule has 0 N–H and O–H groups in total. The molecule has 5 heteroatoms. The maximum Gasteiger partial charge on any atom is 0.254 e. The van der Waals surface area contributed by atoms with E-state index in [9.17, 15) is 9.59 Å². The van der Waals surface area contributed by atoms with Crippen molar-refractivity contribution in [3.8, 4) is 5.75 Å². The first-order valence-electron chi connectivity index (χ1n) is 9.46. The van der Waals surface area contributed by atoms with E-state index in [0.717, 1.165) is 18.5 Å². The minimum Gasteiger partial charge on any atom is -0.497 e. The molecule has 1 aliphatic carbocycles. The molecule has 1 heterocycles. The Balaban J connectivity index is 1.53. The molecule has 2 aromatic rings. The predicted molar refractivity (Wildman–Crippen MR) is 104 cm³/mol. The minimum atomic E-state index is -0.495. The fourth-order valence-electron chi connectivity index (χ4n) is 4.05. The third kappa shape index (κ3) is 3.18. The van der Waals surface area contributed by atoms with E-state index in [2.05, 4.69) is 12.1 Å². The van der Waals surface area contributed by atoms with Crippen molar-refractivity contribution >= 4 is 17.5 Å². The normalized spacial score (nSPS) is 19.2. The van der Waals surface area contributed by atoms with Crippen molar-refractivity contribution < 1.29 is 14.3 Å². The Morgan fingerprint density at radius 1 is 1.07 bits per heavy atom. The van der Waals surface area contributed by atoms with E-state index in [1.807, 2.05) is 11.0 Å². The van der Waals surface area contributed by atoms with Crippen molar-refractivity contribution in [3.05, 3.63) is 59.2 Å². The Labute approximate surface area is 159 Å². The van der Waals surface area contributed by atoms with Gasteiger partial charge in [-0.15, -0.1) is 0 Å². The lowest BCUT2D eigenvalue weighted by molar-refractivity contribution is -0.124. The number of benzene rings is 2. The first kappa shape index (κ1) is 17.6. The molecule has 0 radical (unpaired) electrons. The molecule has 1 aliphatic heterocycles. The molecule has 27 heavy (non-hydrogen) atoms. The van der Waals surface area contributed by atoms with Gasteiger partial charge >= 0.3 is 0 Å². The number of carbonyl (C=O) groups excluding carboxylic acids is 2. The number of amides is 2. The predicted octanol–water partition coefficient (Wildman–Crippen LogP) is 3.06. The molecule has 1 atom stereocenters. The van der Waals surface area contributed by atoms with Crippen LogP contribution >= 0.6 is 0 Å². The molecule has 0 spiro atoms. The monoisotopic (exact) mass is 364 g/mol. The lowest BCUT2D eigenvalue weighted by Gasteiger charge is -2.39. The summed E-state index contributed by atoms with van der Waals surface area (Å²) in [4.78, 5) is 29.4. The number of hydrogen-bond acceptors (Lipinski definition) is 3. The number of fused-ring (bicyclic) bond motifs is 1. The van der Waals surface area contributed by atoms with Gasteiger partial charge in [0.2, 0.25) is 5.91 Å². The van der Waals surface area contributed by atoms with Crippen LogP contribution in [0, 0.1) is 0 Å². The van der Waals surface area contributed by atoms with Gasteiger partial charge in [-0.25, -0.2) is 0 Å². The first-order valence-corrected chi connectivity index (χ1v) is 9.46. The Morgan fingerprint density at radius 3 is 2.70 bits per heavy atom. The molecule has 2 aliphatic rings. The number of aryl methyl sites for hydroxylation is 2. The van der Waals surface area contributed by atoms with Gasteiger partial charge in [0.25, 0.3) is 5.91 Å². The molecular formula is C22H24N2O3. The summed E-state index contributed by atoms with van der Waals surface area (Å²) in [6.07, 6.45) is 3.40. The van der Waals surface area contributed by atoms with E-state index in [0.29, 0.717) is 24.4 Å². The molecule has 1 unspecified atom stereocenters. The van der Waals surface area contributed by atoms with Crippen molar-refractivity contribution in [2.24, 2.45) is 0 Å². The van der Waals surface area contributed by atoms with E-state index >= 15 is 0 Å². The van der Waals surface area contributed by atoms with Crippen LogP contribution in [-0.4, -0.2) is 43.0 Å². The van der Waals surface area contributed by atoms with E-state index < -0.39 is 6.04 Å². The quantitative estimate of drug-likeness (QED) is 0.841. The zero-order chi connectivity index (χ0) is 19.0. The number of rotatable bonds is 3. The highest BCUT2D eigenvalue weighted by atomic mass is 16.5. The average molecular weight is 364 g/mol. The third-order valence-corrected chi connectivity index (χ3v) is 5.63. The smallest absolute Gasteiger partial charge is 0.254 e. The molecule has 140 valence electrons. The number of ether oxygens (including phenoxy) is 1. The van der Waals surface area contributed by atoms with Crippen LogP contribution < -0.4 is 9.64 Å². The van der Waals surface area contributed by atoms with Crippen LogP contribution in [0.5, 0.6) is 5.75 Å². The maximum absolute atomic E-state index is 13.0. The number of nitrogens with zero attached hydrogens (tertiary/aromatic N) is 2. The van der Waals surface area contributed by atoms with E-state index in [1.54, 1.807) is 43.2 Å². The summed E-state index contributed by atoms with van der Waals surface area (Å²) in [6.45, 7) is 2.83. The van der Waals surface area contributed by atoms with Crippen molar-refractivity contribution in [1.29, 1.82) is 0 Å². The van der Waals surface area contributed by atoms with Gasteiger partial charge in [-0.2, -0.15) is 0 Å². The number of hydrogen-bond donors (Lipinski definition) is 0. The first-order chi connectivity index (χ1) is 13.1. The van der Waals surface area contributed by atoms with Crippen molar-refractivity contribution in [2.75, 3.05) is 25.1 Å². The zero-order valence-corrected chi connectivity index (χ0v) is 15.8. The summed E-state index contributed by atoms with van der Waals surface area (Å²) < 4.78 is 5.21. The van der Waals surface area contributed by atoms with Crippen LogP contribution in [0.25, 0.3) is 0 Å². The molecule has 0 bridgehead atoms. The Morgan fingerprint density at radius 2 is 1.89 bits per heavy atom. The SMILES string of the molecule is COc1cccc(C(=O)N2CCN(c3ccc4c(c3)CCC4)C(=O)C2C)c1. The zero-order valence-electron chi connectivity index (χ0n) is 15.8. The van der Waals surface area contributed by atoms with Gasteiger partial charge in [-0.3, -0.25) is 9.59 Å². The van der Waals surface area contributed by atoms with E-state index in [-0.39, 0.29) is 11.8 Å². The highest BCUT2D eigenvalue weighted by Crippen LogP contribution is 2.29. The van der Waals surface area contributed by atoms with Gasteiger partial charge in [0.15, 0.2) is 0 Å². The molecule has 5 nitrogen and oxygen atoms in total. The molecule has 4 rings (SSSR count). The standard InChI is InChI=1S/C22H24N2O3/c1-15-21(25)24(19-10-9-16-5-3-6-17(16)13-19)12-11-23(15)22(26)18-7-4-8-20(14-18)27-2/h4,7-10,13-15H,3,5-6,11-12H2,1-2H3. The van der Waals surface area contributed by atoms with Crippen LogP contribution in [0.4, 0.5) is 5.69 Å². The molecule has 1 saturated heterocycles. The van der Waals surface area contributed by atoms with Crippen molar-refractivity contribution in [1.82, 2.24) is 4.90 Å². The number of methoxy groups -OCH3 is 1. The number of piperazine rings is 1. The molecular weight excluding hydrogens is 340 g/mol. The van der Waals surface area contributed by atoms with Crippen molar-refractivity contribution in [2.45, 2.75) is 32.2 Å². The van der Waals surface area contributed by atoms with Crippen LogP contribution in [-0.2, 0) is 17.6 Å². The molecule has 2 amide bonds. The Bertz CT molecular complexity index is 893.